The van der Waals surface area contributed by atoms with E-state index >= 15 is 0 Å². The molecule has 0 amide bonds. The fourth-order valence-corrected chi connectivity index (χ4v) is 5.14. The van der Waals surface area contributed by atoms with Crippen LogP contribution in [0.5, 0.6) is 5.75 Å². The van der Waals surface area contributed by atoms with Crippen LogP contribution in [0.2, 0.25) is 5.02 Å². The van der Waals surface area contributed by atoms with Crippen LogP contribution >= 0.6 is 11.6 Å². The first-order valence-electron chi connectivity index (χ1n) is 12.1. The SMILES string of the molecule is COc1cc(NCCN(C)C)c(N)cc1Nc1ncc(Cl)c(-c2cn(C)c3c4c(ccc23)CCC4)n1. The number of aromatic nitrogens is 3. The minimum absolute atomic E-state index is 0.415. The van der Waals surface area contributed by atoms with Crippen molar-refractivity contribution in [3.63, 3.8) is 0 Å². The average Bonchev–Trinajstić information content (AvgIpc) is 3.45. The van der Waals surface area contributed by atoms with Gasteiger partial charge in [-0.2, -0.15) is 0 Å². The molecule has 4 N–H and O–H groups in total. The van der Waals surface area contributed by atoms with Crippen LogP contribution in [0, 0.1) is 0 Å². The van der Waals surface area contributed by atoms with Crippen molar-refractivity contribution in [1.29, 1.82) is 0 Å². The van der Waals surface area contributed by atoms with Crippen LogP contribution in [0.4, 0.5) is 23.0 Å². The van der Waals surface area contributed by atoms with Crippen molar-refractivity contribution < 1.29 is 4.74 Å². The van der Waals surface area contributed by atoms with Crippen LogP contribution in [-0.4, -0.2) is 53.7 Å². The summed E-state index contributed by atoms with van der Waals surface area (Å²) in [6.07, 6.45) is 7.18. The molecule has 8 nitrogen and oxygen atoms in total. The summed E-state index contributed by atoms with van der Waals surface area (Å²) >= 11 is 6.62. The maximum absolute atomic E-state index is 6.62. The molecular formula is C27H32ClN7O. The summed E-state index contributed by atoms with van der Waals surface area (Å²) in [5.74, 6) is 1.05. The first-order chi connectivity index (χ1) is 17.4. The summed E-state index contributed by atoms with van der Waals surface area (Å²) in [6.45, 7) is 1.66. The van der Waals surface area contributed by atoms with Gasteiger partial charge in [0.15, 0.2) is 0 Å². The number of nitrogens with one attached hydrogen (secondary N) is 2. The first-order valence-corrected chi connectivity index (χ1v) is 12.5. The number of hydrogen-bond donors (Lipinski definition) is 3. The lowest BCUT2D eigenvalue weighted by Crippen LogP contribution is -2.21. The second-order valence-corrected chi connectivity index (χ2v) is 9.90. The molecule has 0 saturated heterocycles. The van der Waals surface area contributed by atoms with Gasteiger partial charge in [-0.05, 0) is 50.6 Å². The third kappa shape index (κ3) is 4.54. The summed E-state index contributed by atoms with van der Waals surface area (Å²) in [6, 6.07) is 8.14. The Bertz CT molecular complexity index is 1430. The predicted molar refractivity (Wildman–Crippen MR) is 149 cm³/mol. The number of nitrogens with zero attached hydrogens (tertiary/aromatic N) is 4. The van der Waals surface area contributed by atoms with Gasteiger partial charge >= 0.3 is 0 Å². The van der Waals surface area contributed by atoms with E-state index in [0.717, 1.165) is 42.6 Å². The number of aryl methyl sites for hydroxylation is 3. The molecule has 36 heavy (non-hydrogen) atoms. The number of benzene rings is 2. The van der Waals surface area contributed by atoms with E-state index in [2.05, 4.69) is 50.5 Å². The minimum Gasteiger partial charge on any atom is -0.494 e. The zero-order valence-corrected chi connectivity index (χ0v) is 21.9. The fraction of sp³-hybridized carbons (Fsp3) is 0.333. The Balaban J connectivity index is 1.48. The van der Waals surface area contributed by atoms with E-state index in [-0.39, 0.29) is 0 Å². The van der Waals surface area contributed by atoms with Gasteiger partial charge in [-0.15, -0.1) is 0 Å². The molecule has 1 aliphatic rings. The van der Waals surface area contributed by atoms with Gasteiger partial charge in [-0.3, -0.25) is 0 Å². The Morgan fingerprint density at radius 2 is 2.03 bits per heavy atom. The summed E-state index contributed by atoms with van der Waals surface area (Å²) in [4.78, 5) is 11.3. The van der Waals surface area contributed by atoms with Crippen molar-refractivity contribution in [3.05, 3.63) is 52.8 Å². The lowest BCUT2D eigenvalue weighted by atomic mass is 10.0. The molecule has 0 aliphatic heterocycles. The fourth-order valence-electron chi connectivity index (χ4n) is 4.95. The highest BCUT2D eigenvalue weighted by Gasteiger charge is 2.21. The van der Waals surface area contributed by atoms with Crippen LogP contribution in [0.1, 0.15) is 17.5 Å². The molecule has 9 heteroatoms. The van der Waals surface area contributed by atoms with Crippen molar-refractivity contribution >= 4 is 45.5 Å². The Labute approximate surface area is 216 Å². The van der Waals surface area contributed by atoms with E-state index in [1.807, 2.05) is 26.2 Å². The lowest BCUT2D eigenvalue weighted by Gasteiger charge is -2.17. The third-order valence-corrected chi connectivity index (χ3v) is 6.99. The Hall–Kier alpha value is -3.49. The molecule has 188 valence electrons. The zero-order chi connectivity index (χ0) is 25.4. The van der Waals surface area contributed by atoms with Crippen molar-refractivity contribution in [1.82, 2.24) is 19.4 Å². The van der Waals surface area contributed by atoms with Crippen LogP contribution in [-0.2, 0) is 19.9 Å². The molecular weight excluding hydrogens is 474 g/mol. The molecule has 2 aromatic heterocycles. The van der Waals surface area contributed by atoms with Crippen LogP contribution in [0.25, 0.3) is 22.2 Å². The minimum atomic E-state index is 0.415. The number of anilines is 4. The molecule has 0 unspecified atom stereocenters. The molecule has 0 atom stereocenters. The molecule has 0 saturated carbocycles. The van der Waals surface area contributed by atoms with E-state index in [1.165, 1.54) is 23.1 Å². The molecule has 4 aromatic rings. The van der Waals surface area contributed by atoms with E-state index in [0.29, 0.717) is 33.8 Å². The maximum atomic E-state index is 6.62. The average molecular weight is 506 g/mol. The second-order valence-electron chi connectivity index (χ2n) is 9.49. The van der Waals surface area contributed by atoms with Gasteiger partial charge in [-0.1, -0.05) is 23.7 Å². The van der Waals surface area contributed by atoms with Crippen LogP contribution in [0.15, 0.2) is 36.7 Å². The molecule has 0 fully saturated rings. The standard InChI is InChI=1S/C27H32ClN7O/c1-34(2)11-10-30-22-13-24(36-4)23(12-21(22)29)32-27-31-14-20(28)25(33-27)19-15-35(3)26-17-7-5-6-16(17)8-9-18(19)26/h8-9,12-15,30H,5-7,10-11,29H2,1-4H3,(H,31,32,33). The first kappa shape index (κ1) is 24.2. The lowest BCUT2D eigenvalue weighted by molar-refractivity contribution is 0.416. The molecule has 2 aromatic carbocycles. The van der Waals surface area contributed by atoms with Crippen molar-refractivity contribution in [2.75, 3.05) is 50.7 Å². The number of fused-ring (bicyclic) bond motifs is 3. The topological polar surface area (TPSA) is 93.3 Å². The van der Waals surface area contributed by atoms with Gasteiger partial charge in [0.2, 0.25) is 5.95 Å². The zero-order valence-electron chi connectivity index (χ0n) is 21.2. The van der Waals surface area contributed by atoms with Gasteiger partial charge < -0.3 is 30.6 Å². The number of hydrogen-bond acceptors (Lipinski definition) is 7. The summed E-state index contributed by atoms with van der Waals surface area (Å²) in [5, 5.41) is 8.28. The van der Waals surface area contributed by atoms with E-state index in [4.69, 9.17) is 27.1 Å². The van der Waals surface area contributed by atoms with Crippen molar-refractivity contribution in [2.24, 2.45) is 7.05 Å². The summed E-state index contributed by atoms with van der Waals surface area (Å²) in [5.41, 5.74) is 14.2. The van der Waals surface area contributed by atoms with Crippen LogP contribution < -0.4 is 21.1 Å². The number of rotatable bonds is 8. The molecule has 0 radical (unpaired) electrons. The number of halogens is 1. The maximum Gasteiger partial charge on any atom is 0.227 e. The quantitative estimate of drug-likeness (QED) is 0.287. The number of ether oxygens (including phenoxy) is 1. The van der Waals surface area contributed by atoms with Crippen molar-refractivity contribution in [2.45, 2.75) is 19.3 Å². The number of nitrogens with two attached hydrogens (primary N) is 1. The normalized spacial score (nSPS) is 12.8. The van der Waals surface area contributed by atoms with E-state index in [9.17, 15) is 0 Å². The van der Waals surface area contributed by atoms with Gasteiger partial charge in [0.1, 0.15) is 5.75 Å². The Morgan fingerprint density at radius 3 is 2.81 bits per heavy atom. The predicted octanol–water partition coefficient (Wildman–Crippen LogP) is 5.09. The van der Waals surface area contributed by atoms with Gasteiger partial charge in [0, 0.05) is 43.4 Å². The van der Waals surface area contributed by atoms with Gasteiger partial charge in [0.05, 0.1) is 46.6 Å². The molecule has 5 rings (SSSR count). The highest BCUT2D eigenvalue weighted by molar-refractivity contribution is 6.33. The number of likely N-dealkylation sites (N-methyl/N-ethyl adjacent to an activating group) is 1. The van der Waals surface area contributed by atoms with Crippen molar-refractivity contribution in [3.8, 4) is 17.0 Å². The van der Waals surface area contributed by atoms with E-state index in [1.54, 1.807) is 13.3 Å². The monoisotopic (exact) mass is 505 g/mol. The Morgan fingerprint density at radius 1 is 1.19 bits per heavy atom. The van der Waals surface area contributed by atoms with Gasteiger partial charge in [-0.25, -0.2) is 9.97 Å². The molecule has 1 aliphatic carbocycles. The molecule has 2 heterocycles. The third-order valence-electron chi connectivity index (χ3n) is 6.71. The Kier molecular flexibility index (Phi) is 6.64. The second kappa shape index (κ2) is 9.87. The molecule has 0 spiro atoms. The highest BCUT2D eigenvalue weighted by atomic mass is 35.5. The summed E-state index contributed by atoms with van der Waals surface area (Å²) in [7, 11) is 7.77. The summed E-state index contributed by atoms with van der Waals surface area (Å²) < 4.78 is 7.82. The number of methoxy groups -OCH3 is 1. The van der Waals surface area contributed by atoms with Crippen LogP contribution in [0.3, 0.4) is 0 Å². The largest absolute Gasteiger partial charge is 0.494 e. The highest BCUT2D eigenvalue weighted by Crippen LogP contribution is 2.39. The van der Waals surface area contributed by atoms with E-state index < -0.39 is 0 Å². The number of nitrogen functional groups attached to an aromatic ring is 1. The smallest absolute Gasteiger partial charge is 0.227 e. The molecule has 0 bridgehead atoms. The van der Waals surface area contributed by atoms with Gasteiger partial charge in [0.25, 0.3) is 0 Å².